The molecule has 0 saturated heterocycles. The highest BCUT2D eigenvalue weighted by Crippen LogP contribution is 2.39. The van der Waals surface area contributed by atoms with E-state index in [0.29, 0.717) is 5.13 Å². The number of alkyl halides is 1. The zero-order valence-corrected chi connectivity index (χ0v) is 17.7. The lowest BCUT2D eigenvalue weighted by molar-refractivity contribution is -0.113. The third-order valence-electron chi connectivity index (χ3n) is 3.96. The molecule has 1 N–H and O–H groups in total. The van der Waals surface area contributed by atoms with Crippen LogP contribution in [-0.4, -0.2) is 21.8 Å². The Labute approximate surface area is 174 Å². The molecule has 0 spiro atoms. The maximum absolute atomic E-state index is 11.6. The van der Waals surface area contributed by atoms with Crippen LogP contribution in [0.15, 0.2) is 48.8 Å². The summed E-state index contributed by atoms with van der Waals surface area (Å²) in [5, 5.41) is 3.29. The van der Waals surface area contributed by atoms with Crippen LogP contribution in [0.1, 0.15) is 26.3 Å². The minimum Gasteiger partial charge on any atom is -0.301 e. The van der Waals surface area contributed by atoms with Crippen molar-refractivity contribution in [3.05, 3.63) is 54.4 Å². The first kappa shape index (κ1) is 21.4. The molecule has 0 unspecified atom stereocenters. The van der Waals surface area contributed by atoms with Crippen molar-refractivity contribution >= 4 is 46.4 Å². The molecule has 0 aliphatic heterocycles. The van der Waals surface area contributed by atoms with Crippen molar-refractivity contribution in [1.29, 1.82) is 0 Å². The topological polar surface area (TPSA) is 54.9 Å². The Kier molecular flexibility index (Phi) is 6.98. The number of carbonyl (C=O) groups is 1. The number of hydrogen-bond donors (Lipinski definition) is 1. The molecule has 0 bridgehead atoms. The zero-order valence-electron chi connectivity index (χ0n) is 15.3. The Bertz CT molecular complexity index is 903. The van der Waals surface area contributed by atoms with E-state index in [-0.39, 0.29) is 29.6 Å². The van der Waals surface area contributed by atoms with Crippen molar-refractivity contribution < 1.29 is 4.79 Å². The summed E-state index contributed by atoms with van der Waals surface area (Å²) in [4.78, 5) is 21.4. The fourth-order valence-corrected chi connectivity index (χ4v) is 3.63. The van der Waals surface area contributed by atoms with Crippen molar-refractivity contribution in [2.45, 2.75) is 26.2 Å². The molecule has 0 aliphatic carbocycles. The molecule has 0 fully saturated rings. The number of rotatable bonds is 4. The molecule has 142 valence electrons. The molecule has 7 heteroatoms. The number of halogens is 2. The van der Waals surface area contributed by atoms with Crippen LogP contribution in [-0.2, 0) is 10.2 Å². The number of hydrogen-bond acceptors (Lipinski definition) is 4. The molecular formula is C20H21Cl2N3OS. The van der Waals surface area contributed by atoms with Crippen molar-refractivity contribution in [2.75, 3.05) is 11.2 Å². The summed E-state index contributed by atoms with van der Waals surface area (Å²) in [6.45, 7) is 6.56. The van der Waals surface area contributed by atoms with E-state index < -0.39 is 0 Å². The third-order valence-corrected chi connectivity index (χ3v) is 5.22. The number of pyridine rings is 1. The van der Waals surface area contributed by atoms with Gasteiger partial charge in [-0.2, -0.15) is 0 Å². The van der Waals surface area contributed by atoms with Gasteiger partial charge in [-0.1, -0.05) is 56.4 Å². The van der Waals surface area contributed by atoms with E-state index in [0.717, 1.165) is 21.7 Å². The summed E-state index contributed by atoms with van der Waals surface area (Å²) in [7, 11) is 0. The van der Waals surface area contributed by atoms with E-state index in [9.17, 15) is 4.79 Å². The number of nitrogens with one attached hydrogen (secondary N) is 1. The van der Waals surface area contributed by atoms with Crippen LogP contribution in [0.2, 0.25) is 0 Å². The first-order chi connectivity index (χ1) is 12.4. The lowest BCUT2D eigenvalue weighted by Gasteiger charge is -2.19. The van der Waals surface area contributed by atoms with Crippen molar-refractivity contribution in [1.82, 2.24) is 9.97 Å². The van der Waals surface area contributed by atoms with Gasteiger partial charge in [0.05, 0.1) is 10.6 Å². The first-order valence-corrected chi connectivity index (χ1v) is 9.61. The van der Waals surface area contributed by atoms with Gasteiger partial charge in [0.2, 0.25) is 5.91 Å². The minimum atomic E-state index is -0.267. The predicted molar refractivity (Wildman–Crippen MR) is 116 cm³/mol. The molecule has 2 heterocycles. The maximum atomic E-state index is 11.6. The first-order valence-electron chi connectivity index (χ1n) is 8.26. The molecule has 0 atom stereocenters. The van der Waals surface area contributed by atoms with E-state index in [1.807, 2.05) is 12.1 Å². The van der Waals surface area contributed by atoms with Crippen molar-refractivity contribution in [3.8, 4) is 21.7 Å². The quantitative estimate of drug-likeness (QED) is 0.543. The smallest absolute Gasteiger partial charge is 0.241 e. The van der Waals surface area contributed by atoms with Crippen LogP contribution in [0.25, 0.3) is 21.7 Å². The van der Waals surface area contributed by atoms with Crippen LogP contribution < -0.4 is 5.32 Å². The van der Waals surface area contributed by atoms with Crippen LogP contribution in [0.3, 0.4) is 0 Å². The monoisotopic (exact) mass is 421 g/mol. The zero-order chi connectivity index (χ0) is 18.7. The second-order valence-corrected chi connectivity index (χ2v) is 8.21. The number of amides is 1. The van der Waals surface area contributed by atoms with Crippen LogP contribution in [0.5, 0.6) is 0 Å². The van der Waals surface area contributed by atoms with Gasteiger partial charge in [0.25, 0.3) is 0 Å². The summed E-state index contributed by atoms with van der Waals surface area (Å²) in [6.07, 6.45) is 3.50. The molecule has 2 aromatic heterocycles. The van der Waals surface area contributed by atoms with Gasteiger partial charge in [0, 0.05) is 18.0 Å². The number of thiazole rings is 1. The number of benzene rings is 1. The standard InChI is InChI=1S/C20H20ClN3OS.ClH/c1-20(2,3)15-6-4-13(5-7-15)17-18(14-8-10-22-11-9-14)26-19(24-17)23-16(25)12-21;/h4-11H,12H2,1-3H3,(H,23,24,25);1H. The van der Waals surface area contributed by atoms with E-state index in [1.54, 1.807) is 12.4 Å². The van der Waals surface area contributed by atoms with E-state index in [2.05, 4.69) is 60.3 Å². The molecule has 0 aliphatic rings. The van der Waals surface area contributed by atoms with Crippen LogP contribution in [0, 0.1) is 0 Å². The highest BCUT2D eigenvalue weighted by molar-refractivity contribution is 7.19. The molecule has 3 rings (SSSR count). The van der Waals surface area contributed by atoms with Gasteiger partial charge in [0.1, 0.15) is 5.88 Å². The van der Waals surface area contributed by atoms with E-state index in [1.165, 1.54) is 16.9 Å². The molecule has 0 saturated carbocycles. The average Bonchev–Trinajstić information content (AvgIpc) is 3.05. The average molecular weight is 422 g/mol. The van der Waals surface area contributed by atoms with Gasteiger partial charge in [-0.25, -0.2) is 4.98 Å². The lowest BCUT2D eigenvalue weighted by atomic mass is 9.86. The Morgan fingerprint density at radius 3 is 2.26 bits per heavy atom. The SMILES string of the molecule is CC(C)(C)c1ccc(-c2nc(NC(=O)CCl)sc2-c2ccncc2)cc1.Cl. The number of carbonyl (C=O) groups excluding carboxylic acids is 1. The minimum absolute atomic E-state index is 0. The fourth-order valence-electron chi connectivity index (χ4n) is 2.55. The van der Waals surface area contributed by atoms with Gasteiger partial charge < -0.3 is 5.32 Å². The second kappa shape index (κ2) is 8.83. The molecule has 4 nitrogen and oxygen atoms in total. The maximum Gasteiger partial charge on any atom is 0.241 e. The highest BCUT2D eigenvalue weighted by atomic mass is 35.5. The molecule has 1 amide bonds. The van der Waals surface area contributed by atoms with Gasteiger partial charge in [-0.3, -0.25) is 9.78 Å². The van der Waals surface area contributed by atoms with Crippen LogP contribution in [0.4, 0.5) is 5.13 Å². The molecule has 3 aromatic rings. The van der Waals surface area contributed by atoms with Gasteiger partial charge in [-0.05, 0) is 28.7 Å². The molecule has 27 heavy (non-hydrogen) atoms. The Morgan fingerprint density at radius 2 is 1.70 bits per heavy atom. The van der Waals surface area contributed by atoms with Crippen molar-refractivity contribution in [2.24, 2.45) is 0 Å². The number of nitrogens with zero attached hydrogens (tertiary/aromatic N) is 2. The number of aromatic nitrogens is 2. The van der Waals surface area contributed by atoms with Crippen LogP contribution >= 0.6 is 35.3 Å². The summed E-state index contributed by atoms with van der Waals surface area (Å²) >= 11 is 7.03. The predicted octanol–water partition coefficient (Wildman–Crippen LogP) is 5.77. The molecule has 1 aromatic carbocycles. The summed E-state index contributed by atoms with van der Waals surface area (Å²) in [6, 6.07) is 12.3. The Morgan fingerprint density at radius 1 is 1.07 bits per heavy atom. The van der Waals surface area contributed by atoms with Gasteiger partial charge in [-0.15, -0.1) is 24.0 Å². The van der Waals surface area contributed by atoms with E-state index in [4.69, 9.17) is 11.6 Å². The summed E-state index contributed by atoms with van der Waals surface area (Å²) in [5.74, 6) is -0.365. The molecular weight excluding hydrogens is 401 g/mol. The van der Waals surface area contributed by atoms with Crippen molar-refractivity contribution in [3.63, 3.8) is 0 Å². The Balaban J connectivity index is 0.00000261. The fraction of sp³-hybridized carbons (Fsp3) is 0.250. The largest absolute Gasteiger partial charge is 0.301 e. The summed E-state index contributed by atoms with van der Waals surface area (Å²) < 4.78 is 0. The molecule has 0 radical (unpaired) electrons. The summed E-state index contributed by atoms with van der Waals surface area (Å²) in [5.41, 5.74) is 4.21. The third kappa shape index (κ3) is 5.06. The van der Waals surface area contributed by atoms with Gasteiger partial charge >= 0.3 is 0 Å². The lowest BCUT2D eigenvalue weighted by Crippen LogP contribution is -2.12. The van der Waals surface area contributed by atoms with E-state index >= 15 is 0 Å². The van der Waals surface area contributed by atoms with Gasteiger partial charge in [0.15, 0.2) is 5.13 Å². The Hall–Kier alpha value is -1.95. The number of anilines is 1. The highest BCUT2D eigenvalue weighted by Gasteiger charge is 2.18. The second-order valence-electron chi connectivity index (χ2n) is 6.94. The normalized spacial score (nSPS) is 11.0.